The lowest BCUT2D eigenvalue weighted by molar-refractivity contribution is -0.0500. The van der Waals surface area contributed by atoms with E-state index >= 15 is 0 Å². The first-order valence-corrected chi connectivity index (χ1v) is 7.43. The number of nitrogens with zero attached hydrogens (tertiary/aromatic N) is 2. The molecule has 0 saturated heterocycles. The molecule has 0 atom stereocenters. The van der Waals surface area contributed by atoms with E-state index < -0.39 is 12.2 Å². The number of hydrogen-bond donors (Lipinski definition) is 0. The van der Waals surface area contributed by atoms with E-state index in [0.717, 1.165) is 18.4 Å². The number of fused-ring (bicyclic) bond motifs is 2. The first-order valence-electron chi connectivity index (χ1n) is 7.06. The Kier molecular flexibility index (Phi) is 3.06. The second-order valence-electron chi connectivity index (χ2n) is 5.62. The average molecular weight is 337 g/mol. The van der Waals surface area contributed by atoms with Crippen molar-refractivity contribution >= 4 is 23.2 Å². The molecule has 118 valence electrons. The predicted octanol–water partition coefficient (Wildman–Crippen LogP) is 3.99. The van der Waals surface area contributed by atoms with Crippen molar-refractivity contribution in [1.82, 2.24) is 4.98 Å². The molecule has 1 aromatic heterocycles. The minimum atomic E-state index is -2.94. The summed E-state index contributed by atoms with van der Waals surface area (Å²) in [6.07, 6.45) is 4.27. The topological polar surface area (TPSA) is 42.4 Å². The molecule has 1 spiro atoms. The molecule has 7 heteroatoms. The third-order valence-corrected chi connectivity index (χ3v) is 4.49. The maximum absolute atomic E-state index is 12.8. The van der Waals surface area contributed by atoms with E-state index in [-0.39, 0.29) is 11.7 Å². The highest BCUT2D eigenvalue weighted by Gasteiger charge is 2.58. The van der Waals surface area contributed by atoms with Gasteiger partial charge in [-0.05, 0) is 36.6 Å². The quantitative estimate of drug-likeness (QED) is 0.851. The molecule has 0 N–H and O–H groups in total. The number of ether oxygens (including phenoxy) is 1. The summed E-state index contributed by atoms with van der Waals surface area (Å²) in [6, 6.07) is 6.58. The van der Waals surface area contributed by atoms with Crippen LogP contribution in [0.1, 0.15) is 28.8 Å². The molecule has 4 rings (SSSR count). The molecule has 4 nitrogen and oxygen atoms in total. The molecule has 23 heavy (non-hydrogen) atoms. The summed E-state index contributed by atoms with van der Waals surface area (Å²) in [7, 11) is 0. The van der Waals surface area contributed by atoms with Gasteiger partial charge in [-0.2, -0.15) is 8.78 Å². The summed E-state index contributed by atoms with van der Waals surface area (Å²) in [4.78, 5) is 18.3. The monoisotopic (exact) mass is 336 g/mol. The van der Waals surface area contributed by atoms with E-state index in [1.165, 1.54) is 18.5 Å². The van der Waals surface area contributed by atoms with Crippen LogP contribution in [-0.4, -0.2) is 17.5 Å². The van der Waals surface area contributed by atoms with E-state index in [4.69, 9.17) is 11.6 Å². The third kappa shape index (κ3) is 2.16. The van der Waals surface area contributed by atoms with Gasteiger partial charge in [0.15, 0.2) is 0 Å². The van der Waals surface area contributed by atoms with Crippen LogP contribution < -0.4 is 9.64 Å². The number of pyridine rings is 1. The summed E-state index contributed by atoms with van der Waals surface area (Å²) in [5, 5.41) is 0.567. The predicted molar refractivity (Wildman–Crippen MR) is 80.0 cm³/mol. The van der Waals surface area contributed by atoms with E-state index in [2.05, 4.69) is 9.72 Å². The highest BCUT2D eigenvalue weighted by Crippen LogP contribution is 2.58. The molecular formula is C16H11ClF2N2O2. The van der Waals surface area contributed by atoms with Gasteiger partial charge in [0.05, 0.1) is 23.6 Å². The van der Waals surface area contributed by atoms with Crippen molar-refractivity contribution in [2.24, 2.45) is 0 Å². The summed E-state index contributed by atoms with van der Waals surface area (Å²) in [5.41, 5.74) is 1.47. The zero-order valence-corrected chi connectivity index (χ0v) is 12.6. The SMILES string of the molecule is O=C1c2ccc(Cl)cc2C2(CC2)N1c1cncc(OC(F)F)c1. The molecular weight excluding hydrogens is 326 g/mol. The summed E-state index contributed by atoms with van der Waals surface area (Å²) >= 11 is 6.06. The van der Waals surface area contributed by atoms with Crippen LogP contribution in [0.3, 0.4) is 0 Å². The number of carbonyl (C=O) groups excluding carboxylic acids is 1. The van der Waals surface area contributed by atoms with Crippen LogP contribution in [0, 0.1) is 0 Å². The van der Waals surface area contributed by atoms with Gasteiger partial charge >= 0.3 is 6.61 Å². The van der Waals surface area contributed by atoms with E-state index in [0.29, 0.717) is 16.3 Å². The fraction of sp³-hybridized carbons (Fsp3) is 0.250. The number of carbonyl (C=O) groups is 1. The molecule has 2 aromatic rings. The standard InChI is InChI=1S/C16H11ClF2N2O2/c17-9-1-2-12-13(5-9)16(3-4-16)21(14(12)22)10-6-11(8-20-7-10)23-15(18)19/h1-2,5-8,15H,3-4H2. The second kappa shape index (κ2) is 4.89. The second-order valence-corrected chi connectivity index (χ2v) is 6.06. The number of benzene rings is 1. The first kappa shape index (κ1) is 14.4. The Morgan fingerprint density at radius 2 is 2.04 bits per heavy atom. The van der Waals surface area contributed by atoms with Crippen LogP contribution in [0.4, 0.5) is 14.5 Å². The lowest BCUT2D eigenvalue weighted by atomic mass is 10.0. The average Bonchev–Trinajstić information content (AvgIpc) is 3.24. The maximum Gasteiger partial charge on any atom is 0.387 e. The lowest BCUT2D eigenvalue weighted by Gasteiger charge is -2.25. The van der Waals surface area contributed by atoms with Crippen LogP contribution in [-0.2, 0) is 5.54 Å². The summed E-state index contributed by atoms with van der Waals surface area (Å²) < 4.78 is 29.1. The van der Waals surface area contributed by atoms with Crippen LogP contribution in [0.5, 0.6) is 5.75 Å². The number of amides is 1. The number of rotatable bonds is 3. The van der Waals surface area contributed by atoms with Gasteiger partial charge in [0.25, 0.3) is 5.91 Å². The summed E-state index contributed by atoms with van der Waals surface area (Å²) in [6.45, 7) is -2.94. The smallest absolute Gasteiger partial charge is 0.387 e. The molecule has 2 aliphatic rings. The van der Waals surface area contributed by atoms with Gasteiger partial charge in [-0.25, -0.2) is 0 Å². The van der Waals surface area contributed by atoms with Crippen molar-refractivity contribution in [1.29, 1.82) is 0 Å². The molecule has 1 aliphatic heterocycles. The van der Waals surface area contributed by atoms with Gasteiger partial charge in [-0.1, -0.05) is 11.6 Å². The Labute approximate surface area is 135 Å². The number of hydrogen-bond acceptors (Lipinski definition) is 3. The Morgan fingerprint density at radius 3 is 2.74 bits per heavy atom. The largest absolute Gasteiger partial charge is 0.433 e. The first-order chi connectivity index (χ1) is 11.0. The molecule has 1 aromatic carbocycles. The number of anilines is 1. The van der Waals surface area contributed by atoms with Crippen LogP contribution in [0.15, 0.2) is 36.7 Å². The summed E-state index contributed by atoms with van der Waals surface area (Å²) in [5.74, 6) is -0.250. The van der Waals surface area contributed by atoms with Crippen molar-refractivity contribution in [3.05, 3.63) is 52.8 Å². The molecule has 2 heterocycles. The molecule has 0 radical (unpaired) electrons. The van der Waals surface area contributed by atoms with Gasteiger partial charge in [0.2, 0.25) is 0 Å². The number of alkyl halides is 2. The van der Waals surface area contributed by atoms with Crippen molar-refractivity contribution in [2.75, 3.05) is 4.90 Å². The van der Waals surface area contributed by atoms with E-state index in [9.17, 15) is 13.6 Å². The zero-order chi connectivity index (χ0) is 16.2. The fourth-order valence-corrected chi connectivity index (χ4v) is 3.37. The molecule has 0 unspecified atom stereocenters. The van der Waals surface area contributed by atoms with Crippen molar-refractivity contribution in [3.63, 3.8) is 0 Å². The fourth-order valence-electron chi connectivity index (χ4n) is 3.20. The molecule has 1 saturated carbocycles. The molecule has 1 aliphatic carbocycles. The van der Waals surface area contributed by atoms with Gasteiger partial charge < -0.3 is 4.74 Å². The number of aromatic nitrogens is 1. The minimum absolute atomic E-state index is 0.0740. The van der Waals surface area contributed by atoms with E-state index in [1.54, 1.807) is 23.1 Å². The van der Waals surface area contributed by atoms with Crippen LogP contribution in [0.2, 0.25) is 5.02 Å². The van der Waals surface area contributed by atoms with Crippen molar-refractivity contribution in [3.8, 4) is 5.75 Å². The Hall–Kier alpha value is -2.21. The van der Waals surface area contributed by atoms with Crippen molar-refractivity contribution < 1.29 is 18.3 Å². The minimum Gasteiger partial charge on any atom is -0.433 e. The molecule has 1 amide bonds. The Bertz CT molecular complexity index is 808. The van der Waals surface area contributed by atoms with Crippen LogP contribution >= 0.6 is 11.6 Å². The van der Waals surface area contributed by atoms with Crippen LogP contribution in [0.25, 0.3) is 0 Å². The normalized spacial score (nSPS) is 17.7. The highest BCUT2D eigenvalue weighted by atomic mass is 35.5. The Balaban J connectivity index is 1.78. The lowest BCUT2D eigenvalue weighted by Crippen LogP contribution is -2.33. The molecule has 0 bridgehead atoms. The van der Waals surface area contributed by atoms with Crippen molar-refractivity contribution in [2.45, 2.75) is 25.0 Å². The van der Waals surface area contributed by atoms with Gasteiger partial charge in [0.1, 0.15) is 5.75 Å². The number of halogens is 3. The van der Waals surface area contributed by atoms with E-state index in [1.807, 2.05) is 0 Å². The van der Waals surface area contributed by atoms with Gasteiger partial charge in [-0.15, -0.1) is 0 Å². The third-order valence-electron chi connectivity index (χ3n) is 4.25. The zero-order valence-electron chi connectivity index (χ0n) is 11.8. The molecule has 1 fully saturated rings. The maximum atomic E-state index is 12.8. The van der Waals surface area contributed by atoms with Gasteiger partial charge in [-0.3, -0.25) is 14.7 Å². The van der Waals surface area contributed by atoms with Gasteiger partial charge in [0, 0.05) is 16.7 Å². The highest BCUT2D eigenvalue weighted by molar-refractivity contribution is 6.31. The Morgan fingerprint density at radius 1 is 1.26 bits per heavy atom.